The van der Waals surface area contributed by atoms with Crippen LogP contribution in [-0.2, 0) is 6.18 Å². The second kappa shape index (κ2) is 5.76. The van der Waals surface area contributed by atoms with Crippen molar-refractivity contribution in [1.29, 1.82) is 0 Å². The SMILES string of the molecule is CCNC1CC(C)CC(C)C1n1ccc(C(F)(F)F)n1. The van der Waals surface area contributed by atoms with E-state index in [1.165, 1.54) is 10.9 Å². The van der Waals surface area contributed by atoms with E-state index in [9.17, 15) is 13.2 Å². The third-order valence-corrected chi connectivity index (χ3v) is 4.10. The number of aromatic nitrogens is 2. The summed E-state index contributed by atoms with van der Waals surface area (Å²) < 4.78 is 39.6. The molecule has 1 fully saturated rings. The normalized spacial score (nSPS) is 31.5. The Labute approximate surface area is 117 Å². The Balaban J connectivity index is 2.25. The van der Waals surface area contributed by atoms with Gasteiger partial charge in [-0.1, -0.05) is 20.8 Å². The quantitative estimate of drug-likeness (QED) is 0.923. The van der Waals surface area contributed by atoms with Crippen molar-refractivity contribution < 1.29 is 13.2 Å². The molecule has 0 aliphatic heterocycles. The first-order valence-electron chi connectivity index (χ1n) is 7.18. The van der Waals surface area contributed by atoms with Crippen LogP contribution < -0.4 is 5.32 Å². The van der Waals surface area contributed by atoms with E-state index >= 15 is 0 Å². The van der Waals surface area contributed by atoms with E-state index < -0.39 is 11.9 Å². The van der Waals surface area contributed by atoms with Crippen LogP contribution in [0.5, 0.6) is 0 Å². The third-order valence-electron chi connectivity index (χ3n) is 4.10. The molecule has 0 amide bonds. The largest absolute Gasteiger partial charge is 0.435 e. The number of hydrogen-bond donors (Lipinski definition) is 1. The number of nitrogens with one attached hydrogen (secondary N) is 1. The van der Waals surface area contributed by atoms with E-state index in [2.05, 4.69) is 24.3 Å². The molecule has 114 valence electrons. The number of rotatable bonds is 3. The maximum atomic E-state index is 12.7. The van der Waals surface area contributed by atoms with Crippen molar-refractivity contribution in [2.75, 3.05) is 6.54 Å². The van der Waals surface area contributed by atoms with Crippen LogP contribution in [0.2, 0.25) is 0 Å². The van der Waals surface area contributed by atoms with Crippen LogP contribution in [0.15, 0.2) is 12.3 Å². The molecule has 4 unspecified atom stereocenters. The van der Waals surface area contributed by atoms with Crippen LogP contribution in [0.25, 0.3) is 0 Å². The lowest BCUT2D eigenvalue weighted by atomic mass is 9.76. The fourth-order valence-corrected chi connectivity index (χ4v) is 3.41. The van der Waals surface area contributed by atoms with Crippen LogP contribution in [0.3, 0.4) is 0 Å². The lowest BCUT2D eigenvalue weighted by Gasteiger charge is -2.40. The number of likely N-dealkylation sites (N-methyl/N-ethyl adjacent to an activating group) is 1. The topological polar surface area (TPSA) is 29.9 Å². The van der Waals surface area contributed by atoms with E-state index in [0.717, 1.165) is 25.5 Å². The Morgan fingerprint density at radius 3 is 2.60 bits per heavy atom. The summed E-state index contributed by atoms with van der Waals surface area (Å²) in [6.45, 7) is 7.13. The Morgan fingerprint density at radius 2 is 2.05 bits per heavy atom. The zero-order chi connectivity index (χ0) is 14.9. The van der Waals surface area contributed by atoms with Crippen molar-refractivity contribution >= 4 is 0 Å². The van der Waals surface area contributed by atoms with Gasteiger partial charge in [0.05, 0.1) is 6.04 Å². The molecule has 1 aliphatic rings. The van der Waals surface area contributed by atoms with Gasteiger partial charge in [0.2, 0.25) is 0 Å². The molecular formula is C14H22F3N3. The van der Waals surface area contributed by atoms with Crippen LogP contribution in [0.1, 0.15) is 45.3 Å². The van der Waals surface area contributed by atoms with Crippen LogP contribution in [-0.4, -0.2) is 22.4 Å². The summed E-state index contributed by atoms with van der Waals surface area (Å²) in [6.07, 6.45) is -0.910. The second-order valence-corrected chi connectivity index (χ2v) is 5.89. The summed E-state index contributed by atoms with van der Waals surface area (Å²) in [4.78, 5) is 0. The van der Waals surface area contributed by atoms with E-state index in [1.807, 2.05) is 6.92 Å². The minimum atomic E-state index is -4.37. The van der Waals surface area contributed by atoms with Gasteiger partial charge in [0.1, 0.15) is 0 Å². The molecule has 0 aromatic carbocycles. The molecule has 20 heavy (non-hydrogen) atoms. The zero-order valence-corrected chi connectivity index (χ0v) is 12.1. The summed E-state index contributed by atoms with van der Waals surface area (Å²) >= 11 is 0. The van der Waals surface area contributed by atoms with Gasteiger partial charge in [0.25, 0.3) is 0 Å². The highest BCUT2D eigenvalue weighted by Gasteiger charge is 2.38. The maximum Gasteiger partial charge on any atom is 0.435 e. The minimum Gasteiger partial charge on any atom is -0.312 e. The predicted molar refractivity (Wildman–Crippen MR) is 71.3 cm³/mol. The summed E-state index contributed by atoms with van der Waals surface area (Å²) in [5.74, 6) is 0.895. The number of nitrogens with zero attached hydrogens (tertiary/aromatic N) is 2. The Bertz CT molecular complexity index is 441. The first-order valence-corrected chi connectivity index (χ1v) is 7.18. The van der Waals surface area contributed by atoms with Crippen molar-refractivity contribution in [2.45, 2.75) is 51.9 Å². The standard InChI is InChI=1S/C14H22F3N3/c1-4-18-11-8-9(2)7-10(3)13(11)20-6-5-12(19-20)14(15,16)17/h5-6,9-11,13,18H,4,7-8H2,1-3H3. The summed E-state index contributed by atoms with van der Waals surface area (Å²) in [5.41, 5.74) is -0.807. The van der Waals surface area contributed by atoms with E-state index in [-0.39, 0.29) is 12.1 Å². The average molecular weight is 289 g/mol. The van der Waals surface area contributed by atoms with Crippen molar-refractivity contribution in [2.24, 2.45) is 11.8 Å². The van der Waals surface area contributed by atoms with Crippen LogP contribution in [0, 0.1) is 11.8 Å². The fourth-order valence-electron chi connectivity index (χ4n) is 3.41. The molecule has 4 atom stereocenters. The van der Waals surface area contributed by atoms with Crippen LogP contribution in [0.4, 0.5) is 13.2 Å². The van der Waals surface area contributed by atoms with Crippen molar-refractivity contribution in [3.63, 3.8) is 0 Å². The molecule has 0 spiro atoms. The molecule has 1 saturated carbocycles. The molecule has 1 aromatic rings. The molecule has 0 saturated heterocycles. The number of hydrogen-bond acceptors (Lipinski definition) is 2. The Kier molecular flexibility index (Phi) is 4.42. The molecule has 3 nitrogen and oxygen atoms in total. The van der Waals surface area contributed by atoms with Crippen molar-refractivity contribution in [1.82, 2.24) is 15.1 Å². The second-order valence-electron chi connectivity index (χ2n) is 5.89. The Morgan fingerprint density at radius 1 is 1.35 bits per heavy atom. The van der Waals surface area contributed by atoms with Gasteiger partial charge >= 0.3 is 6.18 Å². The van der Waals surface area contributed by atoms with E-state index in [1.54, 1.807) is 0 Å². The molecule has 1 aromatic heterocycles. The van der Waals surface area contributed by atoms with Crippen molar-refractivity contribution in [3.8, 4) is 0 Å². The highest BCUT2D eigenvalue weighted by Crippen LogP contribution is 2.37. The smallest absolute Gasteiger partial charge is 0.312 e. The summed E-state index contributed by atoms with van der Waals surface area (Å²) in [5, 5.41) is 7.16. The first-order chi connectivity index (χ1) is 9.32. The molecule has 1 N–H and O–H groups in total. The van der Waals surface area contributed by atoms with Gasteiger partial charge in [-0.2, -0.15) is 18.3 Å². The molecule has 0 radical (unpaired) electrons. The van der Waals surface area contributed by atoms with Gasteiger partial charge in [0.15, 0.2) is 5.69 Å². The van der Waals surface area contributed by atoms with Crippen LogP contribution >= 0.6 is 0 Å². The highest BCUT2D eigenvalue weighted by molar-refractivity contribution is 5.05. The van der Waals surface area contributed by atoms with Gasteiger partial charge in [-0.3, -0.25) is 4.68 Å². The lowest BCUT2D eigenvalue weighted by Crippen LogP contribution is -2.45. The van der Waals surface area contributed by atoms with Gasteiger partial charge < -0.3 is 5.32 Å². The molecule has 0 bridgehead atoms. The van der Waals surface area contributed by atoms with Crippen molar-refractivity contribution in [3.05, 3.63) is 18.0 Å². The average Bonchev–Trinajstić information content (AvgIpc) is 2.77. The third kappa shape index (κ3) is 3.16. The number of alkyl halides is 3. The zero-order valence-electron chi connectivity index (χ0n) is 12.1. The predicted octanol–water partition coefficient (Wildman–Crippen LogP) is 3.49. The molecule has 6 heteroatoms. The van der Waals surface area contributed by atoms with E-state index in [0.29, 0.717) is 11.8 Å². The maximum absolute atomic E-state index is 12.7. The lowest BCUT2D eigenvalue weighted by molar-refractivity contribution is -0.141. The summed E-state index contributed by atoms with van der Waals surface area (Å²) in [6, 6.07) is 1.23. The molecule has 2 rings (SSSR count). The van der Waals surface area contributed by atoms with Gasteiger partial charge in [-0.25, -0.2) is 0 Å². The molecule has 1 aliphatic carbocycles. The fraction of sp³-hybridized carbons (Fsp3) is 0.786. The Hall–Kier alpha value is -1.04. The van der Waals surface area contributed by atoms with E-state index in [4.69, 9.17) is 0 Å². The van der Waals surface area contributed by atoms with Gasteiger partial charge in [-0.05, 0) is 37.3 Å². The summed E-state index contributed by atoms with van der Waals surface area (Å²) in [7, 11) is 0. The minimum absolute atomic E-state index is 0.0118. The van der Waals surface area contributed by atoms with Gasteiger partial charge in [0, 0.05) is 12.2 Å². The highest BCUT2D eigenvalue weighted by atomic mass is 19.4. The van der Waals surface area contributed by atoms with Gasteiger partial charge in [-0.15, -0.1) is 0 Å². The molecular weight excluding hydrogens is 267 g/mol. The monoisotopic (exact) mass is 289 g/mol. The number of halogens is 3. The first kappa shape index (κ1) is 15.4. The molecule has 1 heterocycles.